The molecule has 0 spiro atoms. The van der Waals surface area contributed by atoms with E-state index < -0.39 is 46.1 Å². The van der Waals surface area contributed by atoms with Gasteiger partial charge < -0.3 is 25.7 Å². The molecule has 0 radical (unpaired) electrons. The van der Waals surface area contributed by atoms with Crippen LogP contribution in [-0.2, 0) is 0 Å². The van der Waals surface area contributed by atoms with E-state index in [1.165, 1.54) is 0 Å². The summed E-state index contributed by atoms with van der Waals surface area (Å²) in [4.78, 5) is 43.1. The third kappa shape index (κ3) is 6.67. The summed E-state index contributed by atoms with van der Waals surface area (Å²) in [6.07, 6.45) is 3.65. The fourth-order valence-electron chi connectivity index (χ4n) is 1.59. The lowest BCUT2D eigenvalue weighted by atomic mass is 9.98. The van der Waals surface area contributed by atoms with Gasteiger partial charge in [0.2, 0.25) is 0 Å². The van der Waals surface area contributed by atoms with Gasteiger partial charge in [-0.25, -0.2) is 19.2 Å². The van der Waals surface area contributed by atoms with Crippen LogP contribution in [0.1, 0.15) is 41.4 Å². The van der Waals surface area contributed by atoms with Crippen molar-refractivity contribution in [2.45, 2.75) is 0 Å². The maximum atomic E-state index is 10.8. The molecule has 0 heterocycles. The van der Waals surface area contributed by atoms with Gasteiger partial charge in [-0.15, -0.1) is 13.2 Å². The minimum absolute atomic E-state index is 0.511. The fourth-order valence-corrected chi connectivity index (χ4v) is 1.59. The van der Waals surface area contributed by atoms with Crippen molar-refractivity contribution >= 4 is 23.9 Å². The monoisotopic (exact) mass is 351 g/mol. The Morgan fingerprint density at radius 2 is 0.960 bits per heavy atom. The molecule has 0 saturated carbocycles. The SMILES string of the molecule is C=CCNCC=C.O=C(O)c1cc(C(=O)O)c(C(=O)O)cc1C(=O)O. The molecule has 0 bridgehead atoms. The second-order valence-electron chi connectivity index (χ2n) is 4.40. The van der Waals surface area contributed by atoms with Gasteiger partial charge in [-0.2, -0.15) is 0 Å². The van der Waals surface area contributed by atoms with Gasteiger partial charge >= 0.3 is 23.9 Å². The molecule has 1 rings (SSSR count). The van der Waals surface area contributed by atoms with Crippen LogP contribution in [-0.4, -0.2) is 57.4 Å². The highest BCUT2D eigenvalue weighted by molar-refractivity contribution is 6.09. The summed E-state index contributed by atoms with van der Waals surface area (Å²) >= 11 is 0. The average Bonchev–Trinajstić information content (AvgIpc) is 2.54. The first-order valence-electron chi connectivity index (χ1n) is 6.71. The highest BCUT2D eigenvalue weighted by Crippen LogP contribution is 2.18. The molecule has 0 fully saturated rings. The van der Waals surface area contributed by atoms with E-state index in [2.05, 4.69) is 18.5 Å². The second-order valence-corrected chi connectivity index (χ2v) is 4.40. The van der Waals surface area contributed by atoms with E-state index in [0.717, 1.165) is 13.1 Å². The van der Waals surface area contributed by atoms with Gasteiger partial charge in [0.05, 0.1) is 22.3 Å². The Kier molecular flexibility index (Phi) is 8.91. The summed E-state index contributed by atoms with van der Waals surface area (Å²) in [6, 6.07) is 1.02. The lowest BCUT2D eigenvalue weighted by Gasteiger charge is -2.06. The summed E-state index contributed by atoms with van der Waals surface area (Å²) < 4.78 is 0. The standard InChI is InChI=1S/C10H6O8.C6H11N/c11-7(12)3-1-4(8(13)14)6(10(17)18)2-5(3)9(15)16;1-3-5-7-6-4-2/h1-2H,(H,11,12)(H,13,14)(H,15,16)(H,17,18);3-4,7H,1-2,5-6H2. The normalized spacial score (nSPS) is 9.28. The van der Waals surface area contributed by atoms with Crippen LogP contribution < -0.4 is 5.32 Å². The number of hydrogen-bond acceptors (Lipinski definition) is 5. The van der Waals surface area contributed by atoms with Crippen LogP contribution in [0.3, 0.4) is 0 Å². The molecule has 0 aromatic heterocycles. The largest absolute Gasteiger partial charge is 0.478 e. The van der Waals surface area contributed by atoms with Crippen molar-refractivity contribution in [2.75, 3.05) is 13.1 Å². The number of hydrogen-bond donors (Lipinski definition) is 5. The maximum absolute atomic E-state index is 10.8. The number of carboxylic acids is 4. The van der Waals surface area contributed by atoms with Crippen molar-refractivity contribution in [3.05, 3.63) is 59.7 Å². The highest BCUT2D eigenvalue weighted by Gasteiger charge is 2.24. The molecule has 5 N–H and O–H groups in total. The number of benzene rings is 1. The molecule has 134 valence electrons. The van der Waals surface area contributed by atoms with E-state index in [9.17, 15) is 19.2 Å². The van der Waals surface area contributed by atoms with Crippen LogP contribution >= 0.6 is 0 Å². The zero-order chi connectivity index (χ0) is 19.6. The quantitative estimate of drug-likeness (QED) is 0.344. The van der Waals surface area contributed by atoms with E-state index in [0.29, 0.717) is 12.1 Å². The summed E-state index contributed by atoms with van der Waals surface area (Å²) in [5.41, 5.74) is -3.15. The van der Waals surface area contributed by atoms with Crippen LogP contribution in [0.15, 0.2) is 37.4 Å². The molecule has 0 aliphatic rings. The highest BCUT2D eigenvalue weighted by atomic mass is 16.4. The van der Waals surface area contributed by atoms with Crippen molar-refractivity contribution < 1.29 is 39.6 Å². The lowest BCUT2D eigenvalue weighted by molar-refractivity contribution is 0.0637. The Bertz CT molecular complexity index is 602. The zero-order valence-electron chi connectivity index (χ0n) is 13.1. The predicted octanol–water partition coefficient (Wildman–Crippen LogP) is 1.43. The first-order valence-corrected chi connectivity index (χ1v) is 6.71. The molecule has 0 atom stereocenters. The first kappa shape index (κ1) is 21.5. The van der Waals surface area contributed by atoms with Gasteiger partial charge in [0.1, 0.15) is 0 Å². The van der Waals surface area contributed by atoms with Gasteiger partial charge in [-0.3, -0.25) is 0 Å². The number of carbonyl (C=O) groups is 4. The van der Waals surface area contributed by atoms with Gasteiger partial charge in [-0.1, -0.05) is 12.2 Å². The Hall–Kier alpha value is -3.46. The van der Waals surface area contributed by atoms with E-state index in [1.54, 1.807) is 0 Å². The van der Waals surface area contributed by atoms with Gasteiger partial charge in [0.15, 0.2) is 0 Å². The maximum Gasteiger partial charge on any atom is 0.336 e. The first-order chi connectivity index (χ1) is 11.7. The molecule has 9 heteroatoms. The lowest BCUT2D eigenvalue weighted by Crippen LogP contribution is -2.15. The third-order valence-corrected chi connectivity index (χ3v) is 2.66. The molecule has 1 aromatic rings. The molecular weight excluding hydrogens is 334 g/mol. The molecular formula is C16H17NO8. The van der Waals surface area contributed by atoms with E-state index in [4.69, 9.17) is 20.4 Å². The molecule has 25 heavy (non-hydrogen) atoms. The third-order valence-electron chi connectivity index (χ3n) is 2.66. The number of carboxylic acid groups (broad SMARTS) is 4. The summed E-state index contributed by atoms with van der Waals surface area (Å²) in [6.45, 7) is 8.81. The average molecular weight is 351 g/mol. The van der Waals surface area contributed by atoms with Crippen molar-refractivity contribution in [2.24, 2.45) is 0 Å². The van der Waals surface area contributed by atoms with Crippen molar-refractivity contribution in [3.63, 3.8) is 0 Å². The van der Waals surface area contributed by atoms with Crippen molar-refractivity contribution in [1.82, 2.24) is 5.32 Å². The molecule has 1 aromatic carbocycles. The van der Waals surface area contributed by atoms with E-state index >= 15 is 0 Å². The fraction of sp³-hybridized carbons (Fsp3) is 0.125. The molecule has 0 aliphatic heterocycles. The molecule has 0 unspecified atom stereocenters. The molecule has 0 saturated heterocycles. The summed E-state index contributed by atoms with van der Waals surface area (Å²) in [5, 5.41) is 38.0. The topological polar surface area (TPSA) is 161 Å². The van der Waals surface area contributed by atoms with Crippen molar-refractivity contribution in [1.29, 1.82) is 0 Å². The Morgan fingerprint density at radius 1 is 0.720 bits per heavy atom. The number of rotatable bonds is 8. The summed E-state index contributed by atoms with van der Waals surface area (Å²) in [7, 11) is 0. The van der Waals surface area contributed by atoms with Crippen LogP contribution in [0.5, 0.6) is 0 Å². The minimum atomic E-state index is -1.66. The molecule has 0 aliphatic carbocycles. The van der Waals surface area contributed by atoms with Crippen molar-refractivity contribution in [3.8, 4) is 0 Å². The minimum Gasteiger partial charge on any atom is -0.478 e. The van der Waals surface area contributed by atoms with Gasteiger partial charge in [0, 0.05) is 13.1 Å². The zero-order valence-corrected chi connectivity index (χ0v) is 13.1. The van der Waals surface area contributed by atoms with E-state index in [1.807, 2.05) is 12.2 Å². The number of nitrogens with one attached hydrogen (secondary N) is 1. The predicted molar refractivity (Wildman–Crippen MR) is 87.5 cm³/mol. The van der Waals surface area contributed by atoms with Crippen LogP contribution in [0, 0.1) is 0 Å². The van der Waals surface area contributed by atoms with Crippen LogP contribution in [0.2, 0.25) is 0 Å². The van der Waals surface area contributed by atoms with E-state index in [-0.39, 0.29) is 0 Å². The molecule has 0 amide bonds. The Balaban J connectivity index is 0.000000697. The van der Waals surface area contributed by atoms with Crippen LogP contribution in [0.4, 0.5) is 0 Å². The second kappa shape index (κ2) is 10.3. The Labute approximate surface area is 142 Å². The Morgan fingerprint density at radius 3 is 1.12 bits per heavy atom. The number of aromatic carboxylic acids is 4. The van der Waals surface area contributed by atoms with Crippen LogP contribution in [0.25, 0.3) is 0 Å². The smallest absolute Gasteiger partial charge is 0.336 e. The van der Waals surface area contributed by atoms with Gasteiger partial charge in [0.25, 0.3) is 0 Å². The van der Waals surface area contributed by atoms with Gasteiger partial charge in [-0.05, 0) is 12.1 Å². The summed E-state index contributed by atoms with van der Waals surface area (Å²) in [5.74, 6) is -6.64. The molecule has 9 nitrogen and oxygen atoms in total.